The van der Waals surface area contributed by atoms with Crippen molar-refractivity contribution in [2.75, 3.05) is 0 Å². The maximum absolute atomic E-state index is 12.3. The first kappa shape index (κ1) is 18.0. The number of amides is 4. The van der Waals surface area contributed by atoms with Gasteiger partial charge in [0.1, 0.15) is 0 Å². The molecule has 1 saturated carbocycles. The van der Waals surface area contributed by atoms with Crippen LogP contribution in [0.2, 0.25) is 0 Å². The van der Waals surface area contributed by atoms with E-state index in [1.807, 2.05) is 0 Å². The summed E-state index contributed by atoms with van der Waals surface area (Å²) in [5, 5.41) is 19.3. The maximum Gasteiger partial charge on any atom is 0.332 e. The predicted molar refractivity (Wildman–Crippen MR) is 81.3 cm³/mol. The van der Waals surface area contributed by atoms with Crippen LogP contribution in [0.4, 0.5) is 0 Å². The van der Waals surface area contributed by atoms with E-state index in [1.165, 1.54) is 0 Å². The lowest BCUT2D eigenvalue weighted by Gasteiger charge is -2.49. The summed E-state index contributed by atoms with van der Waals surface area (Å²) in [6.45, 7) is 0. The zero-order valence-corrected chi connectivity index (χ0v) is 13.8. The van der Waals surface area contributed by atoms with Gasteiger partial charge in [0.2, 0.25) is 23.6 Å². The number of rotatable bonds is 4. The van der Waals surface area contributed by atoms with E-state index in [0.29, 0.717) is 4.90 Å². The van der Waals surface area contributed by atoms with Crippen molar-refractivity contribution in [1.29, 1.82) is 0 Å². The number of likely N-dealkylation sites (tertiary alicyclic amines) is 2. The van der Waals surface area contributed by atoms with Crippen molar-refractivity contribution in [2.24, 2.45) is 5.92 Å². The largest absolute Gasteiger partial charge is 0.481 e. The van der Waals surface area contributed by atoms with Gasteiger partial charge in [-0.05, 0) is 19.3 Å². The second-order valence-electron chi connectivity index (χ2n) is 6.84. The molecule has 2 unspecified atom stereocenters. The molecule has 0 bridgehead atoms. The van der Waals surface area contributed by atoms with Crippen molar-refractivity contribution >= 4 is 35.6 Å². The lowest BCUT2D eigenvalue weighted by molar-refractivity contribution is -0.177. The van der Waals surface area contributed by atoms with Crippen LogP contribution < -0.4 is 0 Å². The lowest BCUT2D eigenvalue weighted by atomic mass is 9.70. The first-order chi connectivity index (χ1) is 12.2. The molecule has 2 aliphatic heterocycles. The fraction of sp³-hybridized carbons (Fsp3) is 0.625. The SMILES string of the molecule is O=C(O)C1CC[C@@](C(=O)O)(N2C(=O)CCC2=O)C(N2C(=O)CCC2=O)C1. The van der Waals surface area contributed by atoms with Gasteiger partial charge in [-0.2, -0.15) is 0 Å². The van der Waals surface area contributed by atoms with E-state index in [4.69, 9.17) is 0 Å². The van der Waals surface area contributed by atoms with E-state index in [2.05, 4.69) is 0 Å². The second-order valence-corrected chi connectivity index (χ2v) is 6.84. The third kappa shape index (κ3) is 2.47. The molecule has 3 atom stereocenters. The normalized spacial score (nSPS) is 32.5. The van der Waals surface area contributed by atoms with Crippen LogP contribution in [-0.4, -0.2) is 67.2 Å². The van der Waals surface area contributed by atoms with Gasteiger partial charge in [-0.15, -0.1) is 0 Å². The van der Waals surface area contributed by atoms with E-state index in [9.17, 15) is 39.0 Å². The van der Waals surface area contributed by atoms with E-state index < -0.39 is 53.1 Å². The summed E-state index contributed by atoms with van der Waals surface area (Å²) < 4.78 is 0. The quantitative estimate of drug-likeness (QED) is 0.624. The molecule has 3 fully saturated rings. The van der Waals surface area contributed by atoms with Crippen LogP contribution in [0.1, 0.15) is 44.9 Å². The number of carboxylic acids is 2. The Morgan fingerprint density at radius 3 is 1.85 bits per heavy atom. The van der Waals surface area contributed by atoms with Crippen LogP contribution in [-0.2, 0) is 28.8 Å². The number of nitrogens with zero attached hydrogens (tertiary/aromatic N) is 2. The van der Waals surface area contributed by atoms with Crippen molar-refractivity contribution in [1.82, 2.24) is 9.80 Å². The average Bonchev–Trinajstić information content (AvgIpc) is 3.08. The molecule has 3 rings (SSSR count). The van der Waals surface area contributed by atoms with Crippen LogP contribution in [0, 0.1) is 5.92 Å². The minimum Gasteiger partial charge on any atom is -0.481 e. The molecule has 0 aromatic heterocycles. The van der Waals surface area contributed by atoms with Gasteiger partial charge in [-0.3, -0.25) is 33.8 Å². The van der Waals surface area contributed by atoms with Crippen LogP contribution in [0.15, 0.2) is 0 Å². The smallest absolute Gasteiger partial charge is 0.332 e. The molecule has 26 heavy (non-hydrogen) atoms. The van der Waals surface area contributed by atoms with Gasteiger partial charge in [-0.25, -0.2) is 4.79 Å². The monoisotopic (exact) mass is 366 g/mol. The van der Waals surface area contributed by atoms with Crippen molar-refractivity contribution in [3.63, 3.8) is 0 Å². The fourth-order valence-corrected chi connectivity index (χ4v) is 4.26. The van der Waals surface area contributed by atoms with E-state index in [1.54, 1.807) is 0 Å². The molecule has 140 valence electrons. The molecule has 0 aromatic rings. The molecule has 0 radical (unpaired) electrons. The third-order valence-electron chi connectivity index (χ3n) is 5.50. The Labute approximate surface area is 147 Å². The van der Waals surface area contributed by atoms with Crippen LogP contribution in [0.3, 0.4) is 0 Å². The molecule has 3 aliphatic rings. The first-order valence-corrected chi connectivity index (χ1v) is 8.37. The highest BCUT2D eigenvalue weighted by molar-refractivity contribution is 6.08. The van der Waals surface area contributed by atoms with E-state index in [-0.39, 0.29) is 44.9 Å². The average molecular weight is 366 g/mol. The number of carbonyl (C=O) groups excluding carboxylic acids is 4. The Morgan fingerprint density at radius 2 is 1.38 bits per heavy atom. The molecule has 0 spiro atoms. The highest BCUT2D eigenvalue weighted by Gasteiger charge is 2.62. The Bertz CT molecular complexity index is 700. The van der Waals surface area contributed by atoms with E-state index >= 15 is 0 Å². The number of imide groups is 2. The van der Waals surface area contributed by atoms with E-state index in [0.717, 1.165) is 4.90 Å². The molecule has 2 heterocycles. The van der Waals surface area contributed by atoms with Gasteiger partial charge in [0.15, 0.2) is 5.54 Å². The standard InChI is InChI=1S/C16H18N2O8/c19-10-1-2-11(20)17(10)9-7-8(14(23)24)5-6-16(9,15(25)26)18-12(21)3-4-13(18)22/h8-9H,1-7H2,(H,23,24)(H,25,26)/t8?,9?,16-/m1/s1. The minimum atomic E-state index is -2.12. The fourth-order valence-electron chi connectivity index (χ4n) is 4.26. The number of carbonyl (C=O) groups is 6. The highest BCUT2D eigenvalue weighted by atomic mass is 16.4. The topological polar surface area (TPSA) is 149 Å². The van der Waals surface area contributed by atoms with Gasteiger partial charge < -0.3 is 10.2 Å². The van der Waals surface area contributed by atoms with Crippen LogP contribution >= 0.6 is 0 Å². The molecule has 1 aliphatic carbocycles. The summed E-state index contributed by atoms with van der Waals surface area (Å²) in [6, 6.07) is -1.39. The Hall–Kier alpha value is -2.78. The zero-order chi connectivity index (χ0) is 19.2. The van der Waals surface area contributed by atoms with Gasteiger partial charge in [-0.1, -0.05) is 0 Å². The van der Waals surface area contributed by atoms with Crippen molar-refractivity contribution in [2.45, 2.75) is 56.5 Å². The first-order valence-electron chi connectivity index (χ1n) is 8.37. The molecule has 10 heteroatoms. The summed E-state index contributed by atoms with van der Waals surface area (Å²) in [5.74, 6) is -6.26. The molecule has 2 saturated heterocycles. The number of carboxylic acid groups (broad SMARTS) is 2. The zero-order valence-electron chi connectivity index (χ0n) is 13.8. The van der Waals surface area contributed by atoms with Crippen molar-refractivity contribution in [3.8, 4) is 0 Å². The Morgan fingerprint density at radius 1 is 0.885 bits per heavy atom. The van der Waals surface area contributed by atoms with Gasteiger partial charge >= 0.3 is 11.9 Å². The second kappa shape index (κ2) is 6.19. The number of aliphatic carboxylic acids is 2. The molecular formula is C16H18N2O8. The molecule has 0 aromatic carbocycles. The summed E-state index contributed by atoms with van der Waals surface area (Å²) in [4.78, 5) is 74.1. The van der Waals surface area contributed by atoms with Gasteiger partial charge in [0, 0.05) is 25.7 Å². The summed E-state index contributed by atoms with van der Waals surface area (Å²) in [6.07, 6.45) is -1.22. The van der Waals surface area contributed by atoms with Gasteiger partial charge in [0.05, 0.1) is 12.0 Å². The summed E-state index contributed by atoms with van der Waals surface area (Å²) in [7, 11) is 0. The summed E-state index contributed by atoms with van der Waals surface area (Å²) in [5.41, 5.74) is -2.12. The molecule has 10 nitrogen and oxygen atoms in total. The van der Waals surface area contributed by atoms with Crippen LogP contribution in [0.5, 0.6) is 0 Å². The Kier molecular flexibility index (Phi) is 4.29. The van der Waals surface area contributed by atoms with Crippen LogP contribution in [0.25, 0.3) is 0 Å². The molecule has 2 N–H and O–H groups in total. The van der Waals surface area contributed by atoms with Crippen molar-refractivity contribution < 1.29 is 39.0 Å². The van der Waals surface area contributed by atoms with Crippen molar-refractivity contribution in [3.05, 3.63) is 0 Å². The molecule has 4 amide bonds. The third-order valence-corrected chi connectivity index (χ3v) is 5.50. The lowest BCUT2D eigenvalue weighted by Crippen LogP contribution is -2.70. The van der Waals surface area contributed by atoms with Gasteiger partial charge in [0.25, 0.3) is 0 Å². The Balaban J connectivity index is 2.13. The highest BCUT2D eigenvalue weighted by Crippen LogP contribution is 2.43. The number of hydrogen-bond donors (Lipinski definition) is 2. The molecular weight excluding hydrogens is 348 g/mol. The number of hydrogen-bond acceptors (Lipinski definition) is 6. The predicted octanol–water partition coefficient (Wildman–Crippen LogP) is -0.639. The summed E-state index contributed by atoms with van der Waals surface area (Å²) >= 11 is 0. The minimum absolute atomic E-state index is 0.0780. The maximum atomic E-state index is 12.3.